The van der Waals surface area contributed by atoms with Crippen LogP contribution in [-0.2, 0) is 9.53 Å². The van der Waals surface area contributed by atoms with E-state index in [1.807, 2.05) is 0 Å². The monoisotopic (exact) mass is 374 g/mol. The summed E-state index contributed by atoms with van der Waals surface area (Å²) in [6.07, 6.45) is 1.20. The van der Waals surface area contributed by atoms with E-state index in [4.69, 9.17) is 25.9 Å². The first-order chi connectivity index (χ1) is 12.5. The molecule has 8 nitrogen and oxygen atoms in total. The SMILES string of the molecule is O=C(COC(=O)c1cccc2ocnc12)Nc1cc(C(=O)O)ccc1Cl. The van der Waals surface area contributed by atoms with Gasteiger partial charge in [-0.05, 0) is 30.3 Å². The molecular weight excluding hydrogens is 364 g/mol. The van der Waals surface area contributed by atoms with Crippen LogP contribution in [0.4, 0.5) is 5.69 Å². The summed E-state index contributed by atoms with van der Waals surface area (Å²) in [6.45, 7) is -0.583. The van der Waals surface area contributed by atoms with Crippen molar-refractivity contribution < 1.29 is 28.6 Å². The van der Waals surface area contributed by atoms with Gasteiger partial charge in [0.15, 0.2) is 18.6 Å². The molecule has 0 saturated carbocycles. The topological polar surface area (TPSA) is 119 Å². The van der Waals surface area contributed by atoms with Gasteiger partial charge in [0.2, 0.25) is 0 Å². The van der Waals surface area contributed by atoms with Crippen LogP contribution in [0.2, 0.25) is 5.02 Å². The summed E-state index contributed by atoms with van der Waals surface area (Å²) in [6, 6.07) is 8.60. The Morgan fingerprint density at radius 2 is 2.04 bits per heavy atom. The van der Waals surface area contributed by atoms with E-state index in [2.05, 4.69) is 10.3 Å². The number of ether oxygens (including phenoxy) is 1. The number of carboxylic acid groups (broad SMARTS) is 1. The minimum Gasteiger partial charge on any atom is -0.478 e. The molecule has 1 amide bonds. The van der Waals surface area contributed by atoms with Crippen molar-refractivity contribution >= 4 is 46.2 Å². The highest BCUT2D eigenvalue weighted by Gasteiger charge is 2.16. The molecule has 0 aliphatic carbocycles. The highest BCUT2D eigenvalue weighted by molar-refractivity contribution is 6.33. The van der Waals surface area contributed by atoms with Gasteiger partial charge in [0.1, 0.15) is 5.52 Å². The first-order valence-corrected chi connectivity index (χ1v) is 7.65. The summed E-state index contributed by atoms with van der Waals surface area (Å²) in [5.74, 6) is -2.58. The highest BCUT2D eigenvalue weighted by atomic mass is 35.5. The molecule has 0 aliphatic rings. The van der Waals surface area contributed by atoms with Crippen molar-refractivity contribution in [2.24, 2.45) is 0 Å². The number of oxazole rings is 1. The zero-order chi connectivity index (χ0) is 18.7. The third-order valence-electron chi connectivity index (χ3n) is 3.40. The first kappa shape index (κ1) is 17.4. The second-order valence-electron chi connectivity index (χ2n) is 5.13. The maximum absolute atomic E-state index is 12.1. The molecule has 132 valence electrons. The summed E-state index contributed by atoms with van der Waals surface area (Å²) < 4.78 is 10.1. The quantitative estimate of drug-likeness (QED) is 0.659. The Morgan fingerprint density at radius 1 is 1.23 bits per heavy atom. The molecule has 1 heterocycles. The molecule has 3 rings (SSSR count). The van der Waals surface area contributed by atoms with Crippen molar-refractivity contribution in [3.05, 3.63) is 58.9 Å². The summed E-state index contributed by atoms with van der Waals surface area (Å²) in [4.78, 5) is 39.0. The number of nitrogens with zero attached hydrogens (tertiary/aromatic N) is 1. The van der Waals surface area contributed by atoms with E-state index < -0.39 is 24.5 Å². The fourth-order valence-corrected chi connectivity index (χ4v) is 2.37. The Labute approximate surface area is 151 Å². The van der Waals surface area contributed by atoms with Crippen LogP contribution in [0.5, 0.6) is 0 Å². The second-order valence-corrected chi connectivity index (χ2v) is 5.54. The summed E-state index contributed by atoms with van der Waals surface area (Å²) in [5.41, 5.74) is 0.969. The van der Waals surface area contributed by atoms with Gasteiger partial charge in [0.25, 0.3) is 5.91 Å². The molecule has 0 saturated heterocycles. The van der Waals surface area contributed by atoms with E-state index in [1.165, 1.54) is 30.7 Å². The van der Waals surface area contributed by atoms with Crippen molar-refractivity contribution in [2.45, 2.75) is 0 Å². The van der Waals surface area contributed by atoms with Crippen molar-refractivity contribution in [3.63, 3.8) is 0 Å². The summed E-state index contributed by atoms with van der Waals surface area (Å²) in [5, 5.41) is 11.5. The number of halogens is 1. The van der Waals surface area contributed by atoms with Crippen LogP contribution >= 0.6 is 11.6 Å². The maximum atomic E-state index is 12.1. The number of nitrogens with one attached hydrogen (secondary N) is 1. The Hall–Kier alpha value is -3.39. The summed E-state index contributed by atoms with van der Waals surface area (Å²) >= 11 is 5.92. The molecule has 1 aromatic heterocycles. The molecule has 0 aliphatic heterocycles. The fourth-order valence-electron chi connectivity index (χ4n) is 2.20. The second kappa shape index (κ2) is 7.24. The number of aromatic nitrogens is 1. The van der Waals surface area contributed by atoms with Crippen LogP contribution < -0.4 is 5.32 Å². The fraction of sp³-hybridized carbons (Fsp3) is 0.0588. The van der Waals surface area contributed by atoms with Crippen LogP contribution in [0.15, 0.2) is 47.2 Å². The van der Waals surface area contributed by atoms with Gasteiger partial charge in [0.05, 0.1) is 21.8 Å². The van der Waals surface area contributed by atoms with E-state index in [0.29, 0.717) is 11.1 Å². The average molecular weight is 375 g/mol. The number of rotatable bonds is 5. The maximum Gasteiger partial charge on any atom is 0.340 e. The van der Waals surface area contributed by atoms with Gasteiger partial charge in [-0.1, -0.05) is 17.7 Å². The Kier molecular flexibility index (Phi) is 4.85. The van der Waals surface area contributed by atoms with Gasteiger partial charge in [-0.15, -0.1) is 0 Å². The standard InChI is InChI=1S/C17H11ClN2O6/c18-11-5-4-9(16(22)23)6-12(11)20-14(21)7-25-17(24)10-2-1-3-13-15(10)19-8-26-13/h1-6,8H,7H2,(H,20,21)(H,22,23). The highest BCUT2D eigenvalue weighted by Crippen LogP contribution is 2.23. The van der Waals surface area contributed by atoms with Crippen LogP contribution in [-0.4, -0.2) is 34.5 Å². The third kappa shape index (κ3) is 3.65. The summed E-state index contributed by atoms with van der Waals surface area (Å²) in [7, 11) is 0. The van der Waals surface area contributed by atoms with E-state index >= 15 is 0 Å². The molecule has 2 N–H and O–H groups in total. The molecule has 0 radical (unpaired) electrons. The normalized spacial score (nSPS) is 10.5. The lowest BCUT2D eigenvalue weighted by Crippen LogP contribution is -2.21. The zero-order valence-corrected chi connectivity index (χ0v) is 13.8. The number of carbonyl (C=O) groups is 3. The van der Waals surface area contributed by atoms with E-state index in [0.717, 1.165) is 0 Å². The number of para-hydroxylation sites is 1. The smallest absolute Gasteiger partial charge is 0.340 e. The van der Waals surface area contributed by atoms with Crippen molar-refractivity contribution in [2.75, 3.05) is 11.9 Å². The first-order valence-electron chi connectivity index (χ1n) is 7.27. The number of aromatic carboxylic acids is 1. The lowest BCUT2D eigenvalue weighted by atomic mass is 10.2. The third-order valence-corrected chi connectivity index (χ3v) is 3.73. The number of amides is 1. The van der Waals surface area contributed by atoms with Crippen LogP contribution in [0.3, 0.4) is 0 Å². The minimum absolute atomic E-state index is 0.0422. The molecule has 9 heteroatoms. The van der Waals surface area contributed by atoms with Gasteiger partial charge in [-0.25, -0.2) is 14.6 Å². The van der Waals surface area contributed by atoms with Gasteiger partial charge >= 0.3 is 11.9 Å². The molecule has 0 unspecified atom stereocenters. The number of benzene rings is 2. The molecule has 2 aromatic carbocycles. The zero-order valence-electron chi connectivity index (χ0n) is 13.1. The predicted octanol–water partition coefficient (Wildman–Crippen LogP) is 2.97. The van der Waals surface area contributed by atoms with E-state index in [9.17, 15) is 14.4 Å². The Balaban J connectivity index is 1.66. The largest absolute Gasteiger partial charge is 0.478 e. The van der Waals surface area contributed by atoms with Crippen molar-refractivity contribution in [1.29, 1.82) is 0 Å². The number of hydrogen-bond donors (Lipinski definition) is 2. The Bertz CT molecular complexity index is 1010. The molecule has 3 aromatic rings. The number of carboxylic acids is 1. The van der Waals surface area contributed by atoms with Gasteiger partial charge < -0.3 is 19.6 Å². The number of anilines is 1. The molecular formula is C17H11ClN2O6. The van der Waals surface area contributed by atoms with E-state index in [1.54, 1.807) is 12.1 Å². The number of esters is 1. The average Bonchev–Trinajstić information content (AvgIpc) is 3.10. The lowest BCUT2D eigenvalue weighted by molar-refractivity contribution is -0.119. The Morgan fingerprint density at radius 3 is 2.81 bits per heavy atom. The van der Waals surface area contributed by atoms with Gasteiger partial charge in [0, 0.05) is 0 Å². The van der Waals surface area contributed by atoms with E-state index in [-0.39, 0.29) is 21.8 Å². The predicted molar refractivity (Wildman–Crippen MR) is 91.3 cm³/mol. The number of fused-ring (bicyclic) bond motifs is 1. The van der Waals surface area contributed by atoms with Gasteiger partial charge in [-0.2, -0.15) is 0 Å². The van der Waals surface area contributed by atoms with Crippen LogP contribution in [0.1, 0.15) is 20.7 Å². The molecule has 0 fully saturated rings. The van der Waals surface area contributed by atoms with Crippen molar-refractivity contribution in [1.82, 2.24) is 4.98 Å². The molecule has 26 heavy (non-hydrogen) atoms. The minimum atomic E-state index is -1.16. The van der Waals surface area contributed by atoms with Crippen LogP contribution in [0.25, 0.3) is 11.1 Å². The number of hydrogen-bond acceptors (Lipinski definition) is 6. The molecule has 0 bridgehead atoms. The number of carbonyl (C=O) groups excluding carboxylic acids is 2. The lowest BCUT2D eigenvalue weighted by Gasteiger charge is -2.09. The molecule has 0 atom stereocenters. The van der Waals surface area contributed by atoms with Crippen LogP contribution in [0, 0.1) is 0 Å². The molecule has 0 spiro atoms. The van der Waals surface area contributed by atoms with Crippen molar-refractivity contribution in [3.8, 4) is 0 Å². The van der Waals surface area contributed by atoms with Gasteiger partial charge in [-0.3, -0.25) is 4.79 Å².